The number of para-hydroxylation sites is 1. The SMILES string of the molecule is O=C(O)c1ccccc1CCC1(c2ccc(Cl)c(Cl)c2)CN(c2ccccc2)C(=O)CO1. The van der Waals surface area contributed by atoms with Crippen LogP contribution in [-0.4, -0.2) is 30.1 Å². The maximum absolute atomic E-state index is 12.7. The molecule has 0 saturated carbocycles. The Morgan fingerprint density at radius 2 is 1.72 bits per heavy atom. The van der Waals surface area contributed by atoms with Crippen LogP contribution >= 0.6 is 23.2 Å². The van der Waals surface area contributed by atoms with Gasteiger partial charge in [-0.05, 0) is 54.3 Å². The molecule has 1 atom stereocenters. The molecule has 3 aromatic carbocycles. The van der Waals surface area contributed by atoms with Crippen LogP contribution in [0.3, 0.4) is 0 Å². The fourth-order valence-corrected chi connectivity index (χ4v) is 4.34. The van der Waals surface area contributed by atoms with Gasteiger partial charge in [0.25, 0.3) is 5.91 Å². The molecule has 1 saturated heterocycles. The number of rotatable bonds is 6. The Labute approximate surface area is 196 Å². The van der Waals surface area contributed by atoms with Gasteiger partial charge >= 0.3 is 5.97 Å². The lowest BCUT2D eigenvalue weighted by molar-refractivity contribution is -0.140. The summed E-state index contributed by atoms with van der Waals surface area (Å²) in [5, 5.41) is 10.4. The van der Waals surface area contributed by atoms with E-state index in [0.29, 0.717) is 28.5 Å². The number of benzene rings is 3. The van der Waals surface area contributed by atoms with Crippen LogP contribution in [0.5, 0.6) is 0 Å². The second-order valence-corrected chi connectivity index (χ2v) is 8.50. The van der Waals surface area contributed by atoms with E-state index in [0.717, 1.165) is 11.3 Å². The van der Waals surface area contributed by atoms with E-state index in [1.807, 2.05) is 42.5 Å². The summed E-state index contributed by atoms with van der Waals surface area (Å²) < 4.78 is 6.19. The predicted octanol–water partition coefficient (Wildman–Crippen LogP) is 5.58. The van der Waals surface area contributed by atoms with Crippen molar-refractivity contribution in [1.82, 2.24) is 0 Å². The van der Waals surface area contributed by atoms with E-state index in [1.54, 1.807) is 35.2 Å². The Kier molecular flexibility index (Phi) is 6.51. The van der Waals surface area contributed by atoms with Gasteiger partial charge in [0, 0.05) is 5.69 Å². The number of nitrogens with zero attached hydrogens (tertiary/aromatic N) is 1. The minimum atomic E-state index is -0.977. The number of carboxylic acid groups (broad SMARTS) is 1. The van der Waals surface area contributed by atoms with Gasteiger partial charge < -0.3 is 14.7 Å². The molecule has 0 bridgehead atoms. The monoisotopic (exact) mass is 469 g/mol. The van der Waals surface area contributed by atoms with Crippen LogP contribution in [-0.2, 0) is 21.6 Å². The van der Waals surface area contributed by atoms with Crippen molar-refractivity contribution in [2.45, 2.75) is 18.4 Å². The number of aromatic carboxylic acids is 1. The number of carbonyl (C=O) groups is 2. The van der Waals surface area contributed by atoms with Gasteiger partial charge in [-0.1, -0.05) is 65.7 Å². The second kappa shape index (κ2) is 9.33. The number of morpholine rings is 1. The lowest BCUT2D eigenvalue weighted by Gasteiger charge is -2.43. The number of carboxylic acids is 1. The summed E-state index contributed by atoms with van der Waals surface area (Å²) >= 11 is 12.5. The molecule has 1 aliphatic heterocycles. The summed E-state index contributed by atoms with van der Waals surface area (Å²) in [6, 6.07) is 21.6. The maximum atomic E-state index is 12.7. The van der Waals surface area contributed by atoms with Gasteiger partial charge in [0.2, 0.25) is 0 Å². The number of halogens is 2. The van der Waals surface area contributed by atoms with Crippen molar-refractivity contribution in [2.75, 3.05) is 18.1 Å². The Morgan fingerprint density at radius 3 is 2.44 bits per heavy atom. The van der Waals surface area contributed by atoms with Gasteiger partial charge in [-0.25, -0.2) is 4.79 Å². The van der Waals surface area contributed by atoms with Crippen LogP contribution in [0.1, 0.15) is 27.9 Å². The third-order valence-electron chi connectivity index (χ3n) is 5.75. The van der Waals surface area contributed by atoms with E-state index >= 15 is 0 Å². The molecule has 0 radical (unpaired) electrons. The fraction of sp³-hybridized carbons (Fsp3) is 0.200. The van der Waals surface area contributed by atoms with Gasteiger partial charge in [0.05, 0.1) is 22.2 Å². The van der Waals surface area contributed by atoms with Gasteiger partial charge in [-0.2, -0.15) is 0 Å². The highest BCUT2D eigenvalue weighted by Gasteiger charge is 2.42. The molecular formula is C25H21Cl2NO4. The number of aryl methyl sites for hydroxylation is 1. The van der Waals surface area contributed by atoms with Crippen LogP contribution in [0, 0.1) is 0 Å². The highest BCUT2D eigenvalue weighted by Crippen LogP contribution is 2.39. The lowest BCUT2D eigenvalue weighted by atomic mass is 9.85. The first-order valence-corrected chi connectivity index (χ1v) is 10.9. The molecule has 5 nitrogen and oxygen atoms in total. The standard InChI is InChI=1S/C25H21Cl2NO4/c26-21-11-10-18(14-22(21)27)25(13-12-17-6-4-5-9-20(17)24(30)31)16-28(23(29)15-32-25)19-7-2-1-3-8-19/h1-11,14H,12-13,15-16H2,(H,30,31). The van der Waals surface area contributed by atoms with Gasteiger partial charge in [-0.3, -0.25) is 4.79 Å². The van der Waals surface area contributed by atoms with Crippen molar-refractivity contribution in [3.8, 4) is 0 Å². The molecule has 1 heterocycles. The van der Waals surface area contributed by atoms with Crippen LogP contribution in [0.4, 0.5) is 5.69 Å². The van der Waals surface area contributed by atoms with Gasteiger partial charge in [0.15, 0.2) is 0 Å². The zero-order chi connectivity index (χ0) is 22.7. The van der Waals surface area contributed by atoms with Gasteiger partial charge in [-0.15, -0.1) is 0 Å². The molecule has 164 valence electrons. The van der Waals surface area contributed by atoms with Crippen molar-refractivity contribution >= 4 is 40.8 Å². The fourth-order valence-electron chi connectivity index (χ4n) is 4.04. The molecule has 1 N–H and O–H groups in total. The van der Waals surface area contributed by atoms with Gasteiger partial charge in [0.1, 0.15) is 12.2 Å². The summed E-state index contributed by atoms with van der Waals surface area (Å²) in [7, 11) is 0. The number of ether oxygens (including phenoxy) is 1. The summed E-state index contributed by atoms with van der Waals surface area (Å²) in [6.45, 7) is 0.165. The molecule has 0 aliphatic carbocycles. The maximum Gasteiger partial charge on any atom is 0.335 e. The van der Waals surface area contributed by atoms with Crippen LogP contribution in [0.25, 0.3) is 0 Å². The van der Waals surface area contributed by atoms with Crippen LogP contribution < -0.4 is 4.90 Å². The number of carbonyl (C=O) groups excluding carboxylic acids is 1. The molecule has 7 heteroatoms. The highest BCUT2D eigenvalue weighted by atomic mass is 35.5. The molecule has 1 amide bonds. The normalized spacial score (nSPS) is 18.6. The number of hydrogen-bond donors (Lipinski definition) is 1. The largest absolute Gasteiger partial charge is 0.478 e. The van der Waals surface area contributed by atoms with E-state index in [2.05, 4.69) is 0 Å². The number of amides is 1. The molecular weight excluding hydrogens is 449 g/mol. The zero-order valence-electron chi connectivity index (χ0n) is 17.1. The topological polar surface area (TPSA) is 66.8 Å². The Morgan fingerprint density at radius 1 is 1.00 bits per heavy atom. The Balaban J connectivity index is 1.73. The average Bonchev–Trinajstić information content (AvgIpc) is 2.81. The third kappa shape index (κ3) is 4.51. The molecule has 3 aromatic rings. The minimum absolute atomic E-state index is 0.101. The van der Waals surface area contributed by atoms with Crippen LogP contribution in [0.2, 0.25) is 10.0 Å². The summed E-state index contributed by atoms with van der Waals surface area (Å²) in [4.78, 5) is 26.1. The van der Waals surface area contributed by atoms with E-state index in [4.69, 9.17) is 27.9 Å². The minimum Gasteiger partial charge on any atom is -0.478 e. The molecule has 1 aliphatic rings. The second-order valence-electron chi connectivity index (χ2n) is 7.69. The lowest BCUT2D eigenvalue weighted by Crippen LogP contribution is -2.53. The van der Waals surface area contributed by atoms with Crippen molar-refractivity contribution in [2.24, 2.45) is 0 Å². The molecule has 1 unspecified atom stereocenters. The van der Waals surface area contributed by atoms with E-state index in [1.165, 1.54) is 0 Å². The quantitative estimate of drug-likeness (QED) is 0.511. The van der Waals surface area contributed by atoms with Crippen molar-refractivity contribution in [3.05, 3.63) is 99.5 Å². The van der Waals surface area contributed by atoms with E-state index in [-0.39, 0.29) is 24.6 Å². The van der Waals surface area contributed by atoms with E-state index < -0.39 is 11.6 Å². The van der Waals surface area contributed by atoms with Crippen molar-refractivity contribution in [3.63, 3.8) is 0 Å². The molecule has 1 fully saturated rings. The molecule has 0 spiro atoms. The summed E-state index contributed by atoms with van der Waals surface area (Å²) in [6.07, 6.45) is 0.894. The van der Waals surface area contributed by atoms with Crippen molar-refractivity contribution in [1.29, 1.82) is 0 Å². The predicted molar refractivity (Wildman–Crippen MR) is 125 cm³/mol. The smallest absolute Gasteiger partial charge is 0.335 e. The molecule has 32 heavy (non-hydrogen) atoms. The number of hydrogen-bond acceptors (Lipinski definition) is 3. The summed E-state index contributed by atoms with van der Waals surface area (Å²) in [5.41, 5.74) is 1.63. The first kappa shape index (κ1) is 22.3. The Hall–Kier alpha value is -2.86. The highest BCUT2D eigenvalue weighted by molar-refractivity contribution is 6.42. The molecule has 0 aromatic heterocycles. The summed E-state index contributed by atoms with van der Waals surface area (Å²) in [5.74, 6) is -1.12. The van der Waals surface area contributed by atoms with Crippen LogP contribution in [0.15, 0.2) is 72.8 Å². The first-order valence-electron chi connectivity index (χ1n) is 10.2. The number of anilines is 1. The third-order valence-corrected chi connectivity index (χ3v) is 6.49. The molecule has 4 rings (SSSR count). The van der Waals surface area contributed by atoms with E-state index in [9.17, 15) is 14.7 Å². The first-order chi connectivity index (χ1) is 15.4. The zero-order valence-corrected chi connectivity index (χ0v) is 18.6. The van der Waals surface area contributed by atoms with Crippen molar-refractivity contribution < 1.29 is 19.4 Å². The Bertz CT molecular complexity index is 1150. The average molecular weight is 470 g/mol.